The van der Waals surface area contributed by atoms with Gasteiger partial charge in [0.1, 0.15) is 35.4 Å². The van der Waals surface area contributed by atoms with E-state index in [4.69, 9.17) is 23.2 Å². The lowest BCUT2D eigenvalue weighted by atomic mass is 9.86. The SMILES string of the molecule is Cc1c2cc(Cl)cc(Cl)c2nn1[C@H](C)[C@](O)(Cn1cncn1)c1ccc(F)cc1F. The number of rotatable bonds is 5. The fraction of sp³-hybridized carbons (Fsp3) is 0.250. The summed E-state index contributed by atoms with van der Waals surface area (Å²) in [6.45, 7) is 3.35. The van der Waals surface area contributed by atoms with E-state index < -0.39 is 23.3 Å². The monoisotopic (exact) mass is 451 g/mol. The van der Waals surface area contributed by atoms with Gasteiger partial charge in [-0.3, -0.25) is 4.68 Å². The standard InChI is InChI=1S/C20H17Cl2F2N5O/c1-11-15-5-13(21)6-17(22)19(15)27-29(11)12(2)20(30,8-28-10-25-9-26-28)16-4-3-14(23)7-18(16)24/h3-7,9-10,12,30H,8H2,1-2H3/t12-,20-/m1/s1. The number of aliphatic hydroxyl groups is 1. The Hall–Kier alpha value is -2.55. The Balaban J connectivity index is 1.90. The van der Waals surface area contributed by atoms with Crippen LogP contribution in [0.5, 0.6) is 0 Å². The molecule has 0 aliphatic rings. The van der Waals surface area contributed by atoms with E-state index in [1.54, 1.807) is 30.7 Å². The molecule has 2 heterocycles. The first-order valence-electron chi connectivity index (χ1n) is 9.05. The smallest absolute Gasteiger partial charge is 0.137 e. The van der Waals surface area contributed by atoms with Crippen LogP contribution in [0, 0.1) is 18.6 Å². The number of hydrogen-bond donors (Lipinski definition) is 1. The van der Waals surface area contributed by atoms with Crippen LogP contribution in [0.15, 0.2) is 43.0 Å². The Bertz CT molecular complexity index is 1230. The third-order valence-corrected chi connectivity index (χ3v) is 5.80. The molecule has 1 N–H and O–H groups in total. The summed E-state index contributed by atoms with van der Waals surface area (Å²) >= 11 is 12.4. The van der Waals surface area contributed by atoms with E-state index in [0.29, 0.717) is 26.6 Å². The maximum Gasteiger partial charge on any atom is 0.137 e. The Morgan fingerprint density at radius 3 is 2.63 bits per heavy atom. The Labute approximate surface area is 180 Å². The molecular formula is C20H17Cl2F2N5O. The largest absolute Gasteiger partial charge is 0.381 e. The van der Waals surface area contributed by atoms with Gasteiger partial charge in [0.2, 0.25) is 0 Å². The van der Waals surface area contributed by atoms with E-state index in [1.165, 1.54) is 23.4 Å². The number of fused-ring (bicyclic) bond motifs is 1. The molecule has 30 heavy (non-hydrogen) atoms. The Morgan fingerprint density at radius 2 is 1.97 bits per heavy atom. The van der Waals surface area contributed by atoms with E-state index in [1.807, 2.05) is 0 Å². The minimum absolute atomic E-state index is 0.0880. The summed E-state index contributed by atoms with van der Waals surface area (Å²) in [5.41, 5.74) is -0.737. The zero-order chi connectivity index (χ0) is 21.6. The minimum Gasteiger partial charge on any atom is -0.381 e. The molecule has 0 aliphatic carbocycles. The second kappa shape index (κ2) is 7.61. The van der Waals surface area contributed by atoms with Crippen LogP contribution in [0.2, 0.25) is 10.0 Å². The minimum atomic E-state index is -1.84. The maximum atomic E-state index is 14.8. The van der Waals surface area contributed by atoms with E-state index in [9.17, 15) is 13.9 Å². The quantitative estimate of drug-likeness (QED) is 0.478. The summed E-state index contributed by atoms with van der Waals surface area (Å²) in [4.78, 5) is 3.87. The first-order chi connectivity index (χ1) is 14.2. The fourth-order valence-electron chi connectivity index (χ4n) is 3.67. The second-order valence-corrected chi connectivity index (χ2v) is 7.97. The highest BCUT2D eigenvalue weighted by atomic mass is 35.5. The van der Waals surface area contributed by atoms with Gasteiger partial charge in [-0.05, 0) is 32.0 Å². The molecule has 4 aromatic rings. The topological polar surface area (TPSA) is 68.8 Å². The van der Waals surface area contributed by atoms with Gasteiger partial charge in [0.15, 0.2) is 0 Å². The predicted octanol–water partition coefficient (Wildman–Crippen LogP) is 4.67. The van der Waals surface area contributed by atoms with Crippen molar-refractivity contribution in [2.75, 3.05) is 0 Å². The highest BCUT2D eigenvalue weighted by Gasteiger charge is 2.41. The third-order valence-electron chi connectivity index (χ3n) is 5.29. The third kappa shape index (κ3) is 3.45. The van der Waals surface area contributed by atoms with E-state index in [2.05, 4.69) is 15.2 Å². The van der Waals surface area contributed by atoms with Crippen molar-refractivity contribution in [3.05, 3.63) is 75.9 Å². The molecule has 0 saturated heterocycles. The van der Waals surface area contributed by atoms with Gasteiger partial charge in [0.05, 0.1) is 17.6 Å². The molecule has 0 saturated carbocycles. The van der Waals surface area contributed by atoms with Crippen molar-refractivity contribution in [1.82, 2.24) is 24.5 Å². The van der Waals surface area contributed by atoms with Gasteiger partial charge in [0.25, 0.3) is 0 Å². The molecule has 0 bridgehead atoms. The van der Waals surface area contributed by atoms with Crippen LogP contribution in [0.1, 0.15) is 24.2 Å². The Morgan fingerprint density at radius 1 is 1.20 bits per heavy atom. The van der Waals surface area contributed by atoms with Crippen LogP contribution in [0.3, 0.4) is 0 Å². The van der Waals surface area contributed by atoms with Crippen molar-refractivity contribution in [1.29, 1.82) is 0 Å². The highest BCUT2D eigenvalue weighted by molar-refractivity contribution is 6.38. The maximum absolute atomic E-state index is 14.8. The first kappa shape index (κ1) is 20.7. The zero-order valence-electron chi connectivity index (χ0n) is 16.0. The van der Waals surface area contributed by atoms with Crippen molar-refractivity contribution < 1.29 is 13.9 Å². The molecule has 2 aromatic heterocycles. The normalized spacial score (nSPS) is 14.8. The van der Waals surface area contributed by atoms with Gasteiger partial charge in [-0.15, -0.1) is 0 Å². The van der Waals surface area contributed by atoms with Gasteiger partial charge in [0, 0.05) is 27.7 Å². The number of benzene rings is 2. The molecule has 4 rings (SSSR count). The molecule has 6 nitrogen and oxygen atoms in total. The lowest BCUT2D eigenvalue weighted by Gasteiger charge is -2.35. The Kier molecular flexibility index (Phi) is 5.25. The molecule has 156 valence electrons. The summed E-state index contributed by atoms with van der Waals surface area (Å²) in [5, 5.41) is 21.8. The van der Waals surface area contributed by atoms with Gasteiger partial charge in [-0.2, -0.15) is 10.2 Å². The first-order valence-corrected chi connectivity index (χ1v) is 9.80. The van der Waals surface area contributed by atoms with Crippen molar-refractivity contribution in [3.63, 3.8) is 0 Å². The summed E-state index contributed by atoms with van der Waals surface area (Å²) in [5.74, 6) is -1.62. The molecule has 2 aromatic carbocycles. The number of nitrogens with zero attached hydrogens (tertiary/aromatic N) is 5. The van der Waals surface area contributed by atoms with Crippen molar-refractivity contribution in [3.8, 4) is 0 Å². The zero-order valence-corrected chi connectivity index (χ0v) is 17.5. The summed E-state index contributed by atoms with van der Waals surface area (Å²) in [6.07, 6.45) is 2.71. The van der Waals surface area contributed by atoms with Gasteiger partial charge in [-0.1, -0.05) is 29.3 Å². The summed E-state index contributed by atoms with van der Waals surface area (Å²) in [7, 11) is 0. The van der Waals surface area contributed by atoms with Crippen molar-refractivity contribution >= 4 is 34.1 Å². The number of halogens is 4. The van der Waals surface area contributed by atoms with Crippen molar-refractivity contribution in [2.24, 2.45) is 0 Å². The molecule has 0 spiro atoms. The van der Waals surface area contributed by atoms with Crippen LogP contribution >= 0.6 is 23.2 Å². The fourth-order valence-corrected chi connectivity index (χ4v) is 4.20. The van der Waals surface area contributed by atoms with Crippen LogP contribution in [-0.2, 0) is 12.1 Å². The molecule has 2 atom stereocenters. The predicted molar refractivity (Wildman–Crippen MR) is 109 cm³/mol. The van der Waals surface area contributed by atoms with Crippen LogP contribution in [0.25, 0.3) is 10.9 Å². The van der Waals surface area contributed by atoms with Gasteiger partial charge >= 0.3 is 0 Å². The molecule has 0 unspecified atom stereocenters. The highest BCUT2D eigenvalue weighted by Crippen LogP contribution is 2.39. The molecule has 0 fully saturated rings. The average molecular weight is 452 g/mol. The number of aryl methyl sites for hydroxylation is 1. The van der Waals surface area contributed by atoms with E-state index in [0.717, 1.165) is 12.1 Å². The van der Waals surface area contributed by atoms with Crippen molar-refractivity contribution in [2.45, 2.75) is 32.0 Å². The van der Waals surface area contributed by atoms with Gasteiger partial charge in [-0.25, -0.2) is 18.4 Å². The number of hydrogen-bond acceptors (Lipinski definition) is 4. The molecule has 0 amide bonds. The lowest BCUT2D eigenvalue weighted by Crippen LogP contribution is -2.41. The summed E-state index contributed by atoms with van der Waals surface area (Å²) < 4.78 is 31.2. The molecule has 10 heteroatoms. The van der Waals surface area contributed by atoms with E-state index >= 15 is 0 Å². The van der Waals surface area contributed by atoms with Crippen LogP contribution in [-0.4, -0.2) is 29.7 Å². The second-order valence-electron chi connectivity index (χ2n) is 7.13. The molecule has 0 radical (unpaired) electrons. The number of aromatic nitrogens is 5. The van der Waals surface area contributed by atoms with Crippen LogP contribution in [0.4, 0.5) is 8.78 Å². The average Bonchev–Trinajstić information content (AvgIpc) is 3.29. The van der Waals surface area contributed by atoms with E-state index in [-0.39, 0.29) is 12.1 Å². The lowest BCUT2D eigenvalue weighted by molar-refractivity contribution is -0.0372. The van der Waals surface area contributed by atoms with Crippen LogP contribution < -0.4 is 0 Å². The molecular weight excluding hydrogens is 435 g/mol. The molecule has 0 aliphatic heterocycles. The van der Waals surface area contributed by atoms with Gasteiger partial charge < -0.3 is 5.11 Å². The summed E-state index contributed by atoms with van der Waals surface area (Å²) in [6, 6.07) is 5.57.